The van der Waals surface area contributed by atoms with Crippen LogP contribution in [-0.4, -0.2) is 10.9 Å². The van der Waals surface area contributed by atoms with Crippen molar-refractivity contribution in [1.29, 1.82) is 0 Å². The summed E-state index contributed by atoms with van der Waals surface area (Å²) in [6.45, 7) is 4.14. The summed E-state index contributed by atoms with van der Waals surface area (Å²) < 4.78 is 5.33. The van der Waals surface area contributed by atoms with E-state index in [9.17, 15) is 4.79 Å². The van der Waals surface area contributed by atoms with Crippen LogP contribution < -0.4 is 5.32 Å². The molecule has 19 heavy (non-hydrogen) atoms. The minimum absolute atomic E-state index is 0.0480. The molecule has 0 aliphatic heterocycles. The molecule has 0 bridgehead atoms. The first kappa shape index (κ1) is 12.0. The molecule has 1 aromatic heterocycles. The van der Waals surface area contributed by atoms with E-state index in [0.717, 1.165) is 12.1 Å². The summed E-state index contributed by atoms with van der Waals surface area (Å²) in [7, 11) is 0. The molecule has 3 rings (SSSR count). The van der Waals surface area contributed by atoms with Gasteiger partial charge in [-0.15, -0.1) is 0 Å². The third-order valence-electron chi connectivity index (χ3n) is 3.36. The smallest absolute Gasteiger partial charge is 0.185 e. The van der Waals surface area contributed by atoms with Gasteiger partial charge < -0.3 is 9.84 Å². The van der Waals surface area contributed by atoms with Crippen molar-refractivity contribution in [1.82, 2.24) is 5.16 Å². The van der Waals surface area contributed by atoms with Gasteiger partial charge in [0.05, 0.1) is 0 Å². The number of para-hydroxylation sites is 1. The first-order chi connectivity index (χ1) is 9.05. The Hall–Kier alpha value is -2.10. The molecule has 4 heteroatoms. The highest BCUT2D eigenvalue weighted by atomic mass is 16.5. The quantitative estimate of drug-likeness (QED) is 0.892. The van der Waals surface area contributed by atoms with Crippen molar-refractivity contribution in [3.63, 3.8) is 0 Å². The van der Waals surface area contributed by atoms with Crippen LogP contribution >= 0.6 is 0 Å². The summed E-state index contributed by atoms with van der Waals surface area (Å²) in [5.41, 5.74) is 1.47. The minimum Gasteiger partial charge on any atom is -0.358 e. The molecule has 0 saturated heterocycles. The largest absolute Gasteiger partial charge is 0.358 e. The van der Waals surface area contributed by atoms with Crippen molar-refractivity contribution in [2.45, 2.75) is 26.7 Å². The maximum atomic E-state index is 12.2. The molecule has 0 spiro atoms. The molecule has 98 valence electrons. The molecule has 1 aliphatic rings. The number of rotatable bonds is 2. The fourth-order valence-electron chi connectivity index (χ4n) is 2.50. The highest BCUT2D eigenvalue weighted by molar-refractivity contribution is 6.03. The standard InChI is InChI=1S/C15H16N2O2/c1-15(2)8-11(18)13-12(9-15)19-17-14(13)16-10-6-4-3-5-7-10/h3-7H,8-9H2,1-2H3,(H,16,17). The van der Waals surface area contributed by atoms with Crippen LogP contribution in [0.3, 0.4) is 0 Å². The van der Waals surface area contributed by atoms with Gasteiger partial charge in [-0.05, 0) is 17.5 Å². The Labute approximate surface area is 111 Å². The van der Waals surface area contributed by atoms with Crippen LogP contribution in [0.4, 0.5) is 11.5 Å². The third-order valence-corrected chi connectivity index (χ3v) is 3.36. The summed E-state index contributed by atoms with van der Waals surface area (Å²) in [4.78, 5) is 12.2. The molecule has 1 N–H and O–H groups in total. The monoisotopic (exact) mass is 256 g/mol. The number of ketones is 1. The van der Waals surface area contributed by atoms with Gasteiger partial charge in [-0.2, -0.15) is 0 Å². The van der Waals surface area contributed by atoms with E-state index < -0.39 is 0 Å². The van der Waals surface area contributed by atoms with Crippen molar-refractivity contribution in [2.75, 3.05) is 5.32 Å². The van der Waals surface area contributed by atoms with Crippen molar-refractivity contribution < 1.29 is 9.32 Å². The molecule has 1 aromatic carbocycles. The second-order valence-electron chi connectivity index (χ2n) is 5.76. The summed E-state index contributed by atoms with van der Waals surface area (Å²) in [6, 6.07) is 9.66. The zero-order chi connectivity index (χ0) is 13.5. The van der Waals surface area contributed by atoms with E-state index in [1.807, 2.05) is 30.3 Å². The van der Waals surface area contributed by atoms with Gasteiger partial charge in [0.1, 0.15) is 11.3 Å². The topological polar surface area (TPSA) is 55.1 Å². The Morgan fingerprint density at radius 1 is 1.21 bits per heavy atom. The highest BCUT2D eigenvalue weighted by Gasteiger charge is 2.36. The Bertz CT molecular complexity index is 614. The molecule has 4 nitrogen and oxygen atoms in total. The number of carbonyl (C=O) groups is 1. The normalized spacial score (nSPS) is 17.1. The molecule has 0 amide bonds. The van der Waals surface area contributed by atoms with Gasteiger partial charge >= 0.3 is 0 Å². The molecular weight excluding hydrogens is 240 g/mol. The highest BCUT2D eigenvalue weighted by Crippen LogP contribution is 2.38. The van der Waals surface area contributed by atoms with E-state index in [-0.39, 0.29) is 11.2 Å². The zero-order valence-corrected chi connectivity index (χ0v) is 11.1. The van der Waals surface area contributed by atoms with Crippen molar-refractivity contribution in [2.24, 2.45) is 5.41 Å². The van der Waals surface area contributed by atoms with Crippen LogP contribution in [0.25, 0.3) is 0 Å². The first-order valence-corrected chi connectivity index (χ1v) is 6.39. The molecular formula is C15H16N2O2. The summed E-state index contributed by atoms with van der Waals surface area (Å²) >= 11 is 0. The molecule has 1 heterocycles. The van der Waals surface area contributed by atoms with Gasteiger partial charge in [0, 0.05) is 18.5 Å². The number of aromatic nitrogens is 1. The fourth-order valence-corrected chi connectivity index (χ4v) is 2.50. The second kappa shape index (κ2) is 4.23. The van der Waals surface area contributed by atoms with Gasteiger partial charge in [0.15, 0.2) is 11.6 Å². The summed E-state index contributed by atoms with van der Waals surface area (Å²) in [5.74, 6) is 1.33. The van der Waals surface area contributed by atoms with E-state index in [1.165, 1.54) is 0 Å². The number of nitrogens with zero attached hydrogens (tertiary/aromatic N) is 1. The number of carbonyl (C=O) groups excluding carboxylic acids is 1. The maximum absolute atomic E-state index is 12.2. The van der Waals surface area contributed by atoms with Gasteiger partial charge in [0.2, 0.25) is 0 Å². The first-order valence-electron chi connectivity index (χ1n) is 6.39. The molecule has 0 unspecified atom stereocenters. The van der Waals surface area contributed by atoms with Gasteiger partial charge in [-0.1, -0.05) is 37.2 Å². The predicted octanol–water partition coefficient (Wildman–Crippen LogP) is 3.57. The fraction of sp³-hybridized carbons (Fsp3) is 0.333. The van der Waals surface area contributed by atoms with Crippen molar-refractivity contribution in [3.8, 4) is 0 Å². The number of Topliss-reactive ketones (excluding diaryl/α,β-unsaturated/α-hetero) is 1. The SMILES string of the molecule is CC1(C)CC(=O)c2c(Nc3ccccc3)noc2C1. The van der Waals surface area contributed by atoms with Crippen molar-refractivity contribution >= 4 is 17.3 Å². The van der Waals surface area contributed by atoms with E-state index in [4.69, 9.17) is 4.52 Å². The third kappa shape index (κ3) is 2.26. The minimum atomic E-state index is -0.0480. The summed E-state index contributed by atoms with van der Waals surface area (Å²) in [5, 5.41) is 7.15. The number of anilines is 2. The van der Waals surface area contributed by atoms with Gasteiger partial charge in [-0.25, -0.2) is 0 Å². The number of hydrogen-bond donors (Lipinski definition) is 1. The van der Waals surface area contributed by atoms with Crippen LogP contribution in [0.2, 0.25) is 0 Å². The number of nitrogens with one attached hydrogen (secondary N) is 1. The van der Waals surface area contributed by atoms with E-state index in [2.05, 4.69) is 24.3 Å². The van der Waals surface area contributed by atoms with Crippen LogP contribution in [0.15, 0.2) is 34.9 Å². The molecule has 0 fully saturated rings. The predicted molar refractivity (Wildman–Crippen MR) is 72.7 cm³/mol. The lowest BCUT2D eigenvalue weighted by Crippen LogP contribution is -2.26. The molecule has 2 aromatic rings. The Morgan fingerprint density at radius 2 is 1.95 bits per heavy atom. The lowest BCUT2D eigenvalue weighted by molar-refractivity contribution is 0.0902. The second-order valence-corrected chi connectivity index (χ2v) is 5.76. The van der Waals surface area contributed by atoms with Gasteiger partial charge in [-0.3, -0.25) is 4.79 Å². The number of hydrogen-bond acceptors (Lipinski definition) is 4. The van der Waals surface area contributed by atoms with Crippen LogP contribution in [0.1, 0.15) is 36.4 Å². The Morgan fingerprint density at radius 3 is 2.68 bits per heavy atom. The maximum Gasteiger partial charge on any atom is 0.185 e. The Kier molecular flexibility index (Phi) is 2.66. The molecule has 1 aliphatic carbocycles. The lowest BCUT2D eigenvalue weighted by atomic mass is 9.76. The molecule has 0 radical (unpaired) electrons. The lowest BCUT2D eigenvalue weighted by Gasteiger charge is -2.26. The van der Waals surface area contributed by atoms with E-state index in [0.29, 0.717) is 23.6 Å². The van der Waals surface area contributed by atoms with E-state index >= 15 is 0 Å². The molecule has 0 atom stereocenters. The van der Waals surface area contributed by atoms with Crippen molar-refractivity contribution in [3.05, 3.63) is 41.7 Å². The van der Waals surface area contributed by atoms with Crippen LogP contribution in [0.5, 0.6) is 0 Å². The van der Waals surface area contributed by atoms with Gasteiger partial charge in [0.25, 0.3) is 0 Å². The number of fused-ring (bicyclic) bond motifs is 1. The average Bonchev–Trinajstić information content (AvgIpc) is 2.72. The number of benzene rings is 1. The Balaban J connectivity index is 1.94. The molecule has 0 saturated carbocycles. The van der Waals surface area contributed by atoms with Crippen LogP contribution in [0, 0.1) is 5.41 Å². The van der Waals surface area contributed by atoms with E-state index in [1.54, 1.807) is 0 Å². The van der Waals surface area contributed by atoms with Crippen LogP contribution in [-0.2, 0) is 6.42 Å². The average molecular weight is 256 g/mol. The zero-order valence-electron chi connectivity index (χ0n) is 11.1. The summed E-state index contributed by atoms with van der Waals surface area (Å²) in [6.07, 6.45) is 1.28.